The van der Waals surface area contributed by atoms with Gasteiger partial charge in [-0.3, -0.25) is 87.0 Å². The lowest BCUT2D eigenvalue weighted by molar-refractivity contribution is -0.143. The van der Waals surface area contributed by atoms with Crippen LogP contribution in [0, 0.1) is 11.8 Å². The first-order chi connectivity index (χ1) is 48.0. The number of carbonyl (C=O) groups excluding carboxylic acids is 9. The van der Waals surface area contributed by atoms with Crippen molar-refractivity contribution in [3.05, 3.63) is 29.6 Å². The summed E-state index contributed by atoms with van der Waals surface area (Å²) in [6.45, 7) is 7.99. The normalized spacial score (nSPS) is 22.5. The van der Waals surface area contributed by atoms with Crippen LogP contribution in [-0.2, 0) is 69.0 Å². The van der Waals surface area contributed by atoms with E-state index in [0.717, 1.165) is 5.69 Å². The SMILES string of the molecule is CC[C@H](C)[C@@H]1NC(=O)[C@H](CC(C)C)NC(=O)C2(CCN(C(=O)[C@H](CCC(=O)NCC[C@@H](O)[C@H](O)[C@H](O)CO)NC(=O)CN3CCN(CC(=O)O)CCN(CC(=O)O)CCN(CC(=O)O)CC3)CC2)NC(=O)CCSCc2cccc(n2)CSC[C@@H](C(=O)NC2CCN(CC(C)=O)CC2)NC1=O. The van der Waals surface area contributed by atoms with Crippen LogP contribution in [-0.4, -0.2) is 331 Å². The summed E-state index contributed by atoms with van der Waals surface area (Å²) in [5, 5.41) is 89.0. The number of piperidine rings is 2. The zero-order valence-electron chi connectivity index (χ0n) is 58.8. The van der Waals surface area contributed by atoms with Crippen LogP contribution in [0.4, 0.5) is 0 Å². The maximum Gasteiger partial charge on any atom is 0.317 e. The van der Waals surface area contributed by atoms with Gasteiger partial charge in [0.05, 0.1) is 56.8 Å². The van der Waals surface area contributed by atoms with Crippen molar-refractivity contribution in [1.29, 1.82) is 0 Å². The van der Waals surface area contributed by atoms with E-state index in [1.807, 2.05) is 43.9 Å². The third kappa shape index (κ3) is 30.3. The Balaban J connectivity index is 1.43. The fourth-order valence-electron chi connectivity index (χ4n) is 12.4. The van der Waals surface area contributed by atoms with Crippen molar-refractivity contribution >= 4 is 94.5 Å². The number of fused-ring (bicyclic) bond motifs is 2. The fourth-order valence-corrected chi connectivity index (χ4v) is 14.2. The van der Waals surface area contributed by atoms with Gasteiger partial charge in [-0.15, -0.1) is 0 Å². The second-order valence-corrected chi connectivity index (χ2v) is 29.3. The Labute approximate surface area is 598 Å². The van der Waals surface area contributed by atoms with Crippen molar-refractivity contribution in [3.63, 3.8) is 0 Å². The molecule has 0 unspecified atom stereocenters. The third-order valence-electron chi connectivity index (χ3n) is 18.4. The zero-order chi connectivity index (χ0) is 74.3. The van der Waals surface area contributed by atoms with Gasteiger partial charge >= 0.3 is 17.9 Å². The van der Waals surface area contributed by atoms with Crippen LogP contribution in [0.3, 0.4) is 0 Å². The smallest absolute Gasteiger partial charge is 0.317 e. The first-order valence-corrected chi connectivity index (χ1v) is 37.2. The summed E-state index contributed by atoms with van der Waals surface area (Å²) >= 11 is 2.83. The van der Waals surface area contributed by atoms with Crippen LogP contribution < -0.4 is 37.2 Å². The predicted octanol–water partition coefficient (Wildman–Crippen LogP) is -3.53. The van der Waals surface area contributed by atoms with Gasteiger partial charge in [-0.2, -0.15) is 23.5 Å². The van der Waals surface area contributed by atoms with E-state index < -0.39 is 145 Å². The number of Topliss-reactive ketones (excluding diaryl/α,β-unsaturated/α-hetero) is 1. The van der Waals surface area contributed by atoms with Crippen LogP contribution in [0.1, 0.15) is 110 Å². The minimum atomic E-state index is -1.75. The molecule has 1 spiro atoms. The molecule has 35 heteroatoms. The number of rotatable bonds is 27. The standard InChI is InChI=1S/C66H108N14O19S2/c1-6-43(4)59-63(97)71-50(62(96)69-45-13-19-75(20-14-45)33-44(5)82)41-101-40-47-9-7-8-46(68-47)39-100-31-15-54(86)74-66(65(99)72-49(32-42(2)3)61(95)73-59)16-21-80(22-17-66)64(98)48(10-11-53(85)67-18-12-51(83)60(94)52(84)38-81)70-55(87)34-76-23-25-77(35-56(88)89)27-29-79(37-58(92)93)30-28-78(26-24-76)36-57(90)91/h7-9,42-43,45,48-52,59-60,81,83-84,94H,6,10-41H2,1-5H3,(H,67,85)(H,69,96)(H,70,87)(H,71,97)(H,72,99)(H,73,95)(H,74,86)(H,88,89)(H,90,91)(H,92,93)/t43-,48-,49-,50-,51+,52+,59-,60-/m0/s1. The number of carboxylic acids is 3. The first kappa shape index (κ1) is 85.0. The molecular formula is C66H108N14O19S2. The Morgan fingerprint density at radius 3 is 1.74 bits per heavy atom. The Morgan fingerprint density at radius 1 is 0.673 bits per heavy atom. The number of aliphatic hydroxyl groups is 4. The Morgan fingerprint density at radius 2 is 1.22 bits per heavy atom. The molecule has 0 radical (unpaired) electrons. The number of carboxylic acid groups (broad SMARTS) is 3. The van der Waals surface area contributed by atoms with Crippen LogP contribution in [0.5, 0.6) is 0 Å². The number of nitrogens with zero attached hydrogens (tertiary/aromatic N) is 7. The summed E-state index contributed by atoms with van der Waals surface area (Å²) in [6.07, 6.45) is -4.68. The molecule has 4 aliphatic rings. The zero-order valence-corrected chi connectivity index (χ0v) is 60.4. The summed E-state index contributed by atoms with van der Waals surface area (Å²) in [7, 11) is 0. The lowest BCUT2D eigenvalue weighted by Gasteiger charge is -2.42. The molecule has 14 N–H and O–H groups in total. The van der Waals surface area contributed by atoms with Crippen molar-refractivity contribution in [2.45, 2.75) is 164 Å². The Hall–Kier alpha value is -6.67. The van der Waals surface area contributed by atoms with Crippen molar-refractivity contribution in [2.75, 3.05) is 136 Å². The van der Waals surface area contributed by atoms with Crippen LogP contribution >= 0.6 is 23.5 Å². The first-order valence-electron chi connectivity index (χ1n) is 34.9. The average Bonchev–Trinajstić information content (AvgIpc) is 0.790. The number of amides is 8. The number of ketones is 1. The summed E-state index contributed by atoms with van der Waals surface area (Å²) in [6, 6.07) is 0.404. The number of aromatic nitrogens is 1. The molecule has 1 aromatic rings. The number of nitrogens with one attached hydrogen (secondary N) is 7. The number of aliphatic carboxylic acids is 3. The van der Waals surface area contributed by atoms with E-state index in [-0.39, 0.29) is 147 Å². The van der Waals surface area contributed by atoms with Gasteiger partial charge in [-0.25, -0.2) is 0 Å². The van der Waals surface area contributed by atoms with E-state index in [9.17, 15) is 83.7 Å². The molecule has 33 nitrogen and oxygen atoms in total. The van der Waals surface area contributed by atoms with Crippen molar-refractivity contribution in [3.8, 4) is 0 Å². The summed E-state index contributed by atoms with van der Waals surface area (Å²) < 4.78 is 0. The van der Waals surface area contributed by atoms with Crippen molar-refractivity contribution in [2.24, 2.45) is 11.8 Å². The highest BCUT2D eigenvalue weighted by Crippen LogP contribution is 2.27. The van der Waals surface area contributed by atoms with Gasteiger partial charge in [0.25, 0.3) is 0 Å². The second kappa shape index (κ2) is 43.4. The highest BCUT2D eigenvalue weighted by atomic mass is 32.2. The third-order valence-corrected chi connectivity index (χ3v) is 20.5. The summed E-state index contributed by atoms with van der Waals surface area (Å²) in [5.74, 6) is -7.90. The molecule has 568 valence electrons. The molecule has 0 aromatic carbocycles. The summed E-state index contributed by atoms with van der Waals surface area (Å²) in [5.41, 5.74) is -0.308. The molecule has 0 saturated carbocycles. The second-order valence-electron chi connectivity index (χ2n) is 27.1. The number of hydrogen-bond acceptors (Lipinski definition) is 24. The van der Waals surface area contributed by atoms with Crippen LogP contribution in [0.2, 0.25) is 0 Å². The van der Waals surface area contributed by atoms with Gasteiger partial charge in [0.1, 0.15) is 47.7 Å². The van der Waals surface area contributed by atoms with Gasteiger partial charge in [-0.05, 0) is 75.8 Å². The quantitative estimate of drug-likeness (QED) is 0.0406. The topological polar surface area (TPSA) is 463 Å². The molecule has 3 fully saturated rings. The molecule has 1 aromatic heterocycles. The number of pyridine rings is 1. The lowest BCUT2D eigenvalue weighted by atomic mass is 9.85. The number of hydrogen-bond donors (Lipinski definition) is 14. The Kier molecular flexibility index (Phi) is 36.6. The van der Waals surface area contributed by atoms with Crippen LogP contribution in [0.15, 0.2) is 18.2 Å². The van der Waals surface area contributed by atoms with Crippen molar-refractivity contribution < 1.29 is 93.3 Å². The van der Waals surface area contributed by atoms with Gasteiger partial charge in [-0.1, -0.05) is 40.2 Å². The monoisotopic (exact) mass is 1460 g/mol. The number of aliphatic hydroxyl groups excluding tert-OH is 4. The molecule has 5 heterocycles. The van der Waals surface area contributed by atoms with E-state index in [1.54, 1.807) is 26.5 Å². The highest BCUT2D eigenvalue weighted by molar-refractivity contribution is 7.98. The van der Waals surface area contributed by atoms with Gasteiger partial charge in [0.2, 0.25) is 47.3 Å². The minimum Gasteiger partial charge on any atom is -0.480 e. The molecule has 101 heavy (non-hydrogen) atoms. The van der Waals surface area contributed by atoms with E-state index >= 15 is 9.59 Å². The summed E-state index contributed by atoms with van der Waals surface area (Å²) in [4.78, 5) is 178. The number of likely N-dealkylation sites (tertiary alicyclic amines) is 2. The molecule has 3 saturated heterocycles. The molecule has 2 bridgehead atoms. The molecule has 5 rings (SSSR count). The maximum absolute atomic E-state index is 15.2. The van der Waals surface area contributed by atoms with Gasteiger partial charge in [0.15, 0.2) is 0 Å². The number of carbonyl (C=O) groups is 12. The number of thioether (sulfide) groups is 2. The van der Waals surface area contributed by atoms with Crippen molar-refractivity contribution in [1.82, 2.24) is 71.6 Å². The molecule has 8 amide bonds. The van der Waals surface area contributed by atoms with E-state index in [0.29, 0.717) is 61.8 Å². The maximum atomic E-state index is 15.2. The minimum absolute atomic E-state index is 0.0418. The largest absolute Gasteiger partial charge is 0.480 e. The van der Waals surface area contributed by atoms with Gasteiger partial charge < -0.3 is 77.9 Å². The van der Waals surface area contributed by atoms with Gasteiger partial charge in [0, 0.05) is 127 Å². The van der Waals surface area contributed by atoms with E-state index in [1.165, 1.54) is 35.3 Å². The van der Waals surface area contributed by atoms with E-state index in [2.05, 4.69) is 37.2 Å². The average molecular weight is 1470 g/mol. The Bertz CT molecular complexity index is 2890. The van der Waals surface area contributed by atoms with Crippen LogP contribution in [0.25, 0.3) is 0 Å². The molecular weight excluding hydrogens is 1360 g/mol. The van der Waals surface area contributed by atoms with E-state index in [4.69, 9.17) is 4.98 Å². The molecule has 4 aliphatic heterocycles. The fraction of sp³-hybridized carbons (Fsp3) is 0.742. The predicted molar refractivity (Wildman–Crippen MR) is 373 cm³/mol. The molecule has 8 atom stereocenters. The molecule has 0 aliphatic carbocycles. The lowest BCUT2D eigenvalue weighted by Crippen LogP contribution is -2.67. The highest BCUT2D eigenvalue weighted by Gasteiger charge is 2.46.